The van der Waals surface area contributed by atoms with Gasteiger partial charge in [0.2, 0.25) is 0 Å². The molecule has 1 fully saturated rings. The Labute approximate surface area is 113 Å². The lowest BCUT2D eigenvalue weighted by Gasteiger charge is -2.38. The molecule has 0 bridgehead atoms. The molecule has 1 aromatic carbocycles. The minimum Gasteiger partial charge on any atom is -0.385 e. The highest BCUT2D eigenvalue weighted by Crippen LogP contribution is 2.35. The highest BCUT2D eigenvalue weighted by Gasteiger charge is 2.35. The summed E-state index contributed by atoms with van der Waals surface area (Å²) in [5.74, 6) is 0. The number of hydrogen-bond donors (Lipinski definition) is 1. The molecule has 2 aromatic rings. The Balaban J connectivity index is 2.00. The van der Waals surface area contributed by atoms with Gasteiger partial charge in [-0.25, -0.2) is 0 Å². The number of pyridine rings is 1. The van der Waals surface area contributed by atoms with Crippen molar-refractivity contribution >= 4 is 10.9 Å². The molecule has 0 amide bonds. The molecular weight excluding hydrogens is 236 g/mol. The van der Waals surface area contributed by atoms with Crippen LogP contribution in [0.25, 0.3) is 10.9 Å². The molecule has 1 aliphatic rings. The first-order chi connectivity index (χ1) is 9.23. The Hall–Kier alpha value is -1.45. The van der Waals surface area contributed by atoms with E-state index in [1.54, 1.807) is 6.20 Å². The fourth-order valence-corrected chi connectivity index (χ4v) is 2.99. The molecule has 100 valence electrons. The van der Waals surface area contributed by atoms with Crippen molar-refractivity contribution in [3.63, 3.8) is 0 Å². The SMILES string of the molecule is CCN1CCC(O)(c2cccc3cccnc23)CC1. The van der Waals surface area contributed by atoms with Crippen LogP contribution in [0.3, 0.4) is 0 Å². The van der Waals surface area contributed by atoms with Crippen LogP contribution in [-0.4, -0.2) is 34.6 Å². The summed E-state index contributed by atoms with van der Waals surface area (Å²) in [6, 6.07) is 10.1. The number of benzene rings is 1. The fraction of sp³-hybridized carbons (Fsp3) is 0.438. The molecule has 1 saturated heterocycles. The maximum absolute atomic E-state index is 11.0. The van der Waals surface area contributed by atoms with Gasteiger partial charge in [0.05, 0.1) is 11.1 Å². The van der Waals surface area contributed by atoms with Crippen molar-refractivity contribution in [3.05, 3.63) is 42.1 Å². The van der Waals surface area contributed by atoms with Crippen molar-refractivity contribution in [1.82, 2.24) is 9.88 Å². The van der Waals surface area contributed by atoms with Crippen LogP contribution < -0.4 is 0 Å². The first-order valence-corrected chi connectivity index (χ1v) is 7.02. The van der Waals surface area contributed by atoms with Crippen molar-refractivity contribution in [3.8, 4) is 0 Å². The van der Waals surface area contributed by atoms with Gasteiger partial charge in [0.1, 0.15) is 0 Å². The van der Waals surface area contributed by atoms with E-state index in [0.29, 0.717) is 0 Å². The first kappa shape index (κ1) is 12.6. The average molecular weight is 256 g/mol. The molecule has 0 saturated carbocycles. The molecule has 0 aliphatic carbocycles. The Morgan fingerprint density at radius 2 is 1.95 bits per heavy atom. The first-order valence-electron chi connectivity index (χ1n) is 7.02. The predicted molar refractivity (Wildman–Crippen MR) is 77.0 cm³/mol. The third-order valence-electron chi connectivity index (χ3n) is 4.26. The van der Waals surface area contributed by atoms with E-state index in [2.05, 4.69) is 28.9 Å². The summed E-state index contributed by atoms with van der Waals surface area (Å²) in [5.41, 5.74) is 1.21. The van der Waals surface area contributed by atoms with E-state index in [4.69, 9.17) is 0 Å². The topological polar surface area (TPSA) is 36.4 Å². The number of likely N-dealkylation sites (tertiary alicyclic amines) is 1. The fourth-order valence-electron chi connectivity index (χ4n) is 2.99. The van der Waals surface area contributed by atoms with E-state index in [-0.39, 0.29) is 0 Å². The van der Waals surface area contributed by atoms with Crippen LogP contribution in [-0.2, 0) is 5.60 Å². The number of aliphatic hydroxyl groups is 1. The zero-order valence-electron chi connectivity index (χ0n) is 11.3. The van der Waals surface area contributed by atoms with Crippen molar-refractivity contribution in [2.75, 3.05) is 19.6 Å². The lowest BCUT2D eigenvalue weighted by atomic mass is 9.83. The number of rotatable bonds is 2. The summed E-state index contributed by atoms with van der Waals surface area (Å²) in [6.07, 6.45) is 3.38. The lowest BCUT2D eigenvalue weighted by Crippen LogP contribution is -2.42. The highest BCUT2D eigenvalue weighted by atomic mass is 16.3. The molecule has 3 nitrogen and oxygen atoms in total. The van der Waals surface area contributed by atoms with Crippen LogP contribution in [0.15, 0.2) is 36.5 Å². The maximum atomic E-state index is 11.0. The summed E-state index contributed by atoms with van der Waals surface area (Å²) in [4.78, 5) is 6.85. The summed E-state index contributed by atoms with van der Waals surface area (Å²) in [6.45, 7) is 5.14. The smallest absolute Gasteiger partial charge is 0.0941 e. The number of nitrogens with zero attached hydrogens (tertiary/aromatic N) is 2. The van der Waals surface area contributed by atoms with Gasteiger partial charge in [0.15, 0.2) is 0 Å². The number of piperidine rings is 1. The molecule has 0 radical (unpaired) electrons. The third-order valence-corrected chi connectivity index (χ3v) is 4.26. The zero-order valence-corrected chi connectivity index (χ0v) is 11.3. The second-order valence-electron chi connectivity index (χ2n) is 5.35. The zero-order chi connectivity index (χ0) is 13.3. The van der Waals surface area contributed by atoms with Gasteiger partial charge in [-0.2, -0.15) is 0 Å². The van der Waals surface area contributed by atoms with Crippen molar-refractivity contribution in [2.24, 2.45) is 0 Å². The van der Waals surface area contributed by atoms with E-state index in [0.717, 1.165) is 48.9 Å². The molecule has 0 unspecified atom stereocenters. The molecule has 3 rings (SSSR count). The lowest BCUT2D eigenvalue weighted by molar-refractivity contribution is -0.0236. The number of aromatic nitrogens is 1. The highest BCUT2D eigenvalue weighted by molar-refractivity contribution is 5.82. The Kier molecular flexibility index (Phi) is 3.25. The summed E-state index contributed by atoms with van der Waals surface area (Å²) in [7, 11) is 0. The second-order valence-corrected chi connectivity index (χ2v) is 5.35. The molecule has 19 heavy (non-hydrogen) atoms. The summed E-state index contributed by atoms with van der Waals surface area (Å²) < 4.78 is 0. The Morgan fingerprint density at radius 3 is 2.68 bits per heavy atom. The van der Waals surface area contributed by atoms with Crippen LogP contribution in [0.2, 0.25) is 0 Å². The third kappa shape index (κ3) is 2.24. The van der Waals surface area contributed by atoms with Gasteiger partial charge in [0, 0.05) is 30.2 Å². The predicted octanol–water partition coefficient (Wildman–Crippen LogP) is 2.54. The standard InChI is InChI=1S/C16H20N2O/c1-2-18-11-8-16(19,9-12-18)14-7-3-5-13-6-4-10-17-15(13)14/h3-7,10,19H,2,8-9,11-12H2,1H3. The summed E-state index contributed by atoms with van der Waals surface area (Å²) in [5, 5.41) is 12.1. The Morgan fingerprint density at radius 1 is 1.21 bits per heavy atom. The van der Waals surface area contributed by atoms with Gasteiger partial charge in [-0.15, -0.1) is 0 Å². The van der Waals surface area contributed by atoms with E-state index in [9.17, 15) is 5.11 Å². The van der Waals surface area contributed by atoms with Gasteiger partial charge in [-0.05, 0) is 25.5 Å². The van der Waals surface area contributed by atoms with E-state index >= 15 is 0 Å². The van der Waals surface area contributed by atoms with Crippen LogP contribution in [0, 0.1) is 0 Å². The molecule has 1 aliphatic heterocycles. The van der Waals surface area contributed by atoms with Gasteiger partial charge in [0.25, 0.3) is 0 Å². The quantitative estimate of drug-likeness (QED) is 0.897. The van der Waals surface area contributed by atoms with Crippen LogP contribution in [0.4, 0.5) is 0 Å². The second kappa shape index (κ2) is 4.91. The largest absolute Gasteiger partial charge is 0.385 e. The van der Waals surface area contributed by atoms with Crippen LogP contribution in [0.1, 0.15) is 25.3 Å². The van der Waals surface area contributed by atoms with Gasteiger partial charge in [-0.1, -0.05) is 31.2 Å². The van der Waals surface area contributed by atoms with E-state index in [1.165, 1.54) is 0 Å². The number of fused-ring (bicyclic) bond motifs is 1. The van der Waals surface area contributed by atoms with Gasteiger partial charge >= 0.3 is 0 Å². The molecule has 0 atom stereocenters. The number of para-hydroxylation sites is 1. The molecule has 3 heteroatoms. The van der Waals surface area contributed by atoms with E-state index < -0.39 is 5.60 Å². The van der Waals surface area contributed by atoms with Crippen LogP contribution in [0.5, 0.6) is 0 Å². The van der Waals surface area contributed by atoms with E-state index in [1.807, 2.05) is 18.2 Å². The molecule has 0 spiro atoms. The van der Waals surface area contributed by atoms with Crippen molar-refractivity contribution in [2.45, 2.75) is 25.4 Å². The maximum Gasteiger partial charge on any atom is 0.0941 e. The number of hydrogen-bond acceptors (Lipinski definition) is 3. The molecule has 2 heterocycles. The minimum atomic E-state index is -0.723. The van der Waals surface area contributed by atoms with Crippen molar-refractivity contribution in [1.29, 1.82) is 0 Å². The average Bonchev–Trinajstić information content (AvgIpc) is 2.47. The molecule has 1 aromatic heterocycles. The van der Waals surface area contributed by atoms with Crippen LogP contribution >= 0.6 is 0 Å². The normalized spacial score (nSPS) is 19.7. The van der Waals surface area contributed by atoms with Crippen molar-refractivity contribution < 1.29 is 5.11 Å². The van der Waals surface area contributed by atoms with Gasteiger partial charge in [-0.3, -0.25) is 4.98 Å². The molecule has 1 N–H and O–H groups in total. The monoisotopic (exact) mass is 256 g/mol. The molecular formula is C16H20N2O. The summed E-state index contributed by atoms with van der Waals surface area (Å²) >= 11 is 0. The minimum absolute atomic E-state index is 0.723. The van der Waals surface area contributed by atoms with Gasteiger partial charge < -0.3 is 10.0 Å². The Bertz CT molecular complexity index is 568.